The summed E-state index contributed by atoms with van der Waals surface area (Å²) >= 11 is 0. The summed E-state index contributed by atoms with van der Waals surface area (Å²) in [5.74, 6) is 0. The predicted octanol–water partition coefficient (Wildman–Crippen LogP) is -3.20. The molecule has 0 unspecified atom stereocenters. The van der Waals surface area contributed by atoms with Crippen LogP contribution >= 0.6 is 0 Å². The van der Waals surface area contributed by atoms with E-state index in [0.29, 0.717) is 0 Å². The van der Waals surface area contributed by atoms with Gasteiger partial charge < -0.3 is 7.13 Å². The molecule has 0 aromatic carbocycles. The second-order valence-corrected chi connectivity index (χ2v) is 0. The molecule has 0 saturated carbocycles. The van der Waals surface area contributed by atoms with Crippen LogP contribution < -0.4 is 18.9 Å². The fourth-order valence-electron chi connectivity index (χ4n) is 0. The van der Waals surface area contributed by atoms with Crippen molar-refractivity contribution in [3.8, 4) is 0 Å². The van der Waals surface area contributed by atoms with E-state index >= 15 is 0 Å². The molecule has 0 aliphatic heterocycles. The first-order valence-corrected chi connectivity index (χ1v) is 0. The Kier molecular flexibility index (Phi) is 143. The zero-order valence-electron chi connectivity index (χ0n) is 8.32. The van der Waals surface area contributed by atoms with E-state index in [0.717, 1.165) is 0 Å². The van der Waals surface area contributed by atoms with Crippen molar-refractivity contribution in [2.75, 3.05) is 0 Å². The van der Waals surface area contributed by atoms with Gasteiger partial charge in [0, 0.05) is 62.1 Å². The smallest absolute Gasteiger partial charge is 1.00 e. The molecule has 0 aliphatic rings. The van der Waals surface area contributed by atoms with Gasteiger partial charge in [0.1, 0.15) is 0 Å². The maximum atomic E-state index is 0. The Balaban J connectivity index is 0. The Morgan fingerprint density at radius 3 is 1.20 bits per heavy atom. The summed E-state index contributed by atoms with van der Waals surface area (Å²) in [5.41, 5.74) is 0. The van der Waals surface area contributed by atoms with Gasteiger partial charge in [-0.1, -0.05) is 0 Å². The summed E-state index contributed by atoms with van der Waals surface area (Å²) in [6.45, 7) is 0. The molecular formula is H5CaLiSmSrTi. The standard InChI is InChI=1S/Ca.Li.Sm.Sr.Ti.5H/q+2;+1;;+2;;5*-1. The van der Waals surface area contributed by atoms with E-state index in [1.807, 2.05) is 0 Å². The van der Waals surface area contributed by atoms with Crippen LogP contribution in [0.5, 0.6) is 0 Å². The number of rotatable bonds is 0. The number of hydrogen-bond donors (Lipinski definition) is 0. The molecule has 0 radical (unpaired) electrons. The summed E-state index contributed by atoms with van der Waals surface area (Å²) in [6.07, 6.45) is 0. The molecule has 5 heteroatoms. The Labute approximate surface area is 166 Å². The molecule has 0 rings (SSSR count). The SMILES string of the molecule is [Ca+2].[H-].[H-].[H-].[H-].[H-].[Li+].[Sm].[Sr+2].[Ti]. The van der Waals surface area contributed by atoms with Crippen LogP contribution in [-0.2, 0) is 21.7 Å². The summed E-state index contributed by atoms with van der Waals surface area (Å²) in [4.78, 5) is 0. The van der Waals surface area contributed by atoms with Crippen LogP contribution in [0, 0.1) is 40.4 Å². The average Bonchev–Trinajstić information content (AvgIpc) is 0. The minimum atomic E-state index is 0. The molecule has 0 spiro atoms. The largest absolute Gasteiger partial charge is 2.00 e. The molecule has 0 aromatic rings. The van der Waals surface area contributed by atoms with Gasteiger partial charge in [0.05, 0.1) is 0 Å². The van der Waals surface area contributed by atoms with Crippen LogP contribution in [0.2, 0.25) is 0 Å². The van der Waals surface area contributed by atoms with E-state index in [1.54, 1.807) is 0 Å². The van der Waals surface area contributed by atoms with Crippen molar-refractivity contribution in [1.82, 2.24) is 0 Å². The second-order valence-electron chi connectivity index (χ2n) is 0. The van der Waals surface area contributed by atoms with Crippen LogP contribution in [0.1, 0.15) is 7.13 Å². The van der Waals surface area contributed by atoms with Crippen molar-refractivity contribution in [3.05, 3.63) is 0 Å². The van der Waals surface area contributed by atoms with E-state index in [4.69, 9.17) is 0 Å². The summed E-state index contributed by atoms with van der Waals surface area (Å²) in [5, 5.41) is 0. The van der Waals surface area contributed by atoms with Crippen LogP contribution in [0.25, 0.3) is 0 Å². The third-order valence-corrected chi connectivity index (χ3v) is 0. The van der Waals surface area contributed by atoms with Gasteiger partial charge in [-0.15, -0.1) is 0 Å². The third-order valence-electron chi connectivity index (χ3n) is 0. The second kappa shape index (κ2) is 22.8. The summed E-state index contributed by atoms with van der Waals surface area (Å²) in [6, 6.07) is 0. The van der Waals surface area contributed by atoms with Gasteiger partial charge in [-0.25, -0.2) is 0 Å². The van der Waals surface area contributed by atoms with E-state index in [2.05, 4.69) is 0 Å². The fourth-order valence-corrected chi connectivity index (χ4v) is 0. The maximum absolute atomic E-state index is 0. The van der Waals surface area contributed by atoms with Crippen molar-refractivity contribution >= 4 is 83.2 Å². The van der Waals surface area contributed by atoms with Crippen LogP contribution in [0.4, 0.5) is 0 Å². The van der Waals surface area contributed by atoms with Gasteiger partial charge in [-0.05, 0) is 0 Å². The molecule has 0 bridgehead atoms. The molecule has 0 aromatic heterocycles. The van der Waals surface area contributed by atoms with Gasteiger partial charge in [0.25, 0.3) is 0 Å². The predicted molar refractivity (Wildman–Crippen MR) is 17.1 cm³/mol. The molecule has 0 fully saturated rings. The van der Waals surface area contributed by atoms with E-state index < -0.39 is 0 Å². The molecule has 0 saturated heterocycles. The van der Waals surface area contributed by atoms with Crippen molar-refractivity contribution < 1.29 is 88.1 Å². The Morgan fingerprint density at radius 1 is 1.20 bits per heavy atom. The van der Waals surface area contributed by atoms with Crippen molar-refractivity contribution in [1.29, 1.82) is 0 Å². The summed E-state index contributed by atoms with van der Waals surface area (Å²) < 4.78 is 0. The molecule has 0 heterocycles. The molecule has 0 nitrogen and oxygen atoms in total. The monoisotopic (exact) mass is 340 g/mol. The zero-order chi connectivity index (χ0) is 0. The van der Waals surface area contributed by atoms with Gasteiger partial charge in [-0.3, -0.25) is 0 Å². The topological polar surface area (TPSA) is 0 Å². The van der Waals surface area contributed by atoms with Crippen molar-refractivity contribution in [2.24, 2.45) is 0 Å². The van der Waals surface area contributed by atoms with E-state index in [1.165, 1.54) is 0 Å². The molecule has 20 valence electrons. The maximum Gasteiger partial charge on any atom is 2.00 e. The average molecular weight is 338 g/mol. The fraction of sp³-hybridized carbons (Fsp3) is 0. The van der Waals surface area contributed by atoms with Gasteiger partial charge in [0.2, 0.25) is 0 Å². The van der Waals surface area contributed by atoms with Crippen LogP contribution in [0.3, 0.4) is 0 Å². The Morgan fingerprint density at radius 2 is 1.20 bits per heavy atom. The molecule has 0 amide bonds. The van der Waals surface area contributed by atoms with Gasteiger partial charge in [0.15, 0.2) is 0 Å². The zero-order valence-corrected chi connectivity index (χ0v) is 13.2. The van der Waals surface area contributed by atoms with Gasteiger partial charge in [-0.2, -0.15) is 0 Å². The van der Waals surface area contributed by atoms with E-state index in [9.17, 15) is 0 Å². The van der Waals surface area contributed by atoms with Gasteiger partial charge >= 0.3 is 102 Å². The first-order chi connectivity index (χ1) is 0. The van der Waals surface area contributed by atoms with E-state index in [-0.39, 0.29) is 171 Å². The quantitative estimate of drug-likeness (QED) is 0.409. The molecule has 0 N–H and O–H groups in total. The summed E-state index contributed by atoms with van der Waals surface area (Å²) in [7, 11) is 0. The molecule has 0 atom stereocenters. The first kappa shape index (κ1) is 31.5. The third kappa shape index (κ3) is 17.7. The van der Waals surface area contributed by atoms with Crippen LogP contribution in [0.15, 0.2) is 0 Å². The molecule has 5 heavy (non-hydrogen) atoms. The van der Waals surface area contributed by atoms with Crippen molar-refractivity contribution in [3.63, 3.8) is 0 Å². The minimum Gasteiger partial charge on any atom is -1.00 e. The first-order valence-electron chi connectivity index (χ1n) is 0. The van der Waals surface area contributed by atoms with Crippen molar-refractivity contribution in [2.45, 2.75) is 0 Å². The van der Waals surface area contributed by atoms with Crippen LogP contribution in [-0.4, -0.2) is 83.2 Å². The molecule has 0 aliphatic carbocycles. The number of hydrogen-bond acceptors (Lipinski definition) is 0. The Bertz CT molecular complexity index is 21.6. The molecular weight excluding hydrogens is 333 g/mol. The normalized spacial score (nSPS) is 0. The minimum absolute atomic E-state index is 0. The Hall–Kier alpha value is 5.39.